The third-order valence-electron chi connectivity index (χ3n) is 3.58. The summed E-state index contributed by atoms with van der Waals surface area (Å²) in [7, 11) is 0. The molecule has 2 atom stereocenters. The van der Waals surface area contributed by atoms with E-state index >= 15 is 0 Å². The number of rotatable bonds is 7. The van der Waals surface area contributed by atoms with Crippen molar-refractivity contribution in [2.24, 2.45) is 0 Å². The van der Waals surface area contributed by atoms with Crippen LogP contribution in [0.1, 0.15) is 62.4 Å². The maximum Gasteiger partial charge on any atom is 0.211 e. The molecule has 21 heavy (non-hydrogen) atoms. The van der Waals surface area contributed by atoms with Gasteiger partial charge in [0.05, 0.1) is 12.2 Å². The van der Waals surface area contributed by atoms with E-state index < -0.39 is 0 Å². The minimum Gasteiger partial charge on any atom is -0.444 e. The minimum atomic E-state index is -0.204. The van der Waals surface area contributed by atoms with Crippen molar-refractivity contribution in [3.8, 4) is 0 Å². The standard InChI is InChI=1S/C17H23FN2O/c1-4-5-6-16(14-7-9-15(18)10-8-14)20-13(3)17-19-11-12(2)21-17/h7-11,13,16,20H,4-6H2,1-3H3. The maximum atomic E-state index is 13.1. The molecule has 0 saturated heterocycles. The Hall–Kier alpha value is -1.68. The zero-order valence-electron chi connectivity index (χ0n) is 12.9. The zero-order chi connectivity index (χ0) is 15.2. The molecule has 0 aliphatic carbocycles. The zero-order valence-corrected chi connectivity index (χ0v) is 12.9. The normalized spacial score (nSPS) is 14.1. The average Bonchev–Trinajstić information content (AvgIpc) is 2.91. The van der Waals surface area contributed by atoms with Crippen LogP contribution in [0, 0.1) is 12.7 Å². The number of hydrogen-bond donors (Lipinski definition) is 1. The molecule has 114 valence electrons. The first-order valence-electron chi connectivity index (χ1n) is 7.54. The van der Waals surface area contributed by atoms with Crippen molar-refractivity contribution in [3.63, 3.8) is 0 Å². The highest BCUT2D eigenvalue weighted by molar-refractivity contribution is 5.20. The number of hydrogen-bond acceptors (Lipinski definition) is 3. The van der Waals surface area contributed by atoms with E-state index in [-0.39, 0.29) is 17.9 Å². The van der Waals surface area contributed by atoms with Crippen molar-refractivity contribution in [1.82, 2.24) is 10.3 Å². The molecule has 0 saturated carbocycles. The number of aryl methyl sites for hydroxylation is 1. The molecule has 0 aliphatic heterocycles. The molecule has 2 aromatic rings. The van der Waals surface area contributed by atoms with E-state index in [9.17, 15) is 4.39 Å². The lowest BCUT2D eigenvalue weighted by molar-refractivity contribution is 0.359. The van der Waals surface area contributed by atoms with Gasteiger partial charge in [0.25, 0.3) is 0 Å². The Morgan fingerprint density at radius 2 is 2.00 bits per heavy atom. The van der Waals surface area contributed by atoms with Crippen molar-refractivity contribution in [2.45, 2.75) is 52.1 Å². The highest BCUT2D eigenvalue weighted by Gasteiger charge is 2.18. The van der Waals surface area contributed by atoms with Crippen molar-refractivity contribution in [3.05, 3.63) is 53.5 Å². The number of unbranched alkanes of at least 4 members (excludes halogenated alkanes) is 1. The molecule has 2 rings (SSSR count). The third-order valence-corrected chi connectivity index (χ3v) is 3.58. The molecule has 1 heterocycles. The Bertz CT molecular complexity index is 550. The maximum absolute atomic E-state index is 13.1. The lowest BCUT2D eigenvalue weighted by Crippen LogP contribution is -2.25. The summed E-state index contributed by atoms with van der Waals surface area (Å²) in [6, 6.07) is 6.90. The van der Waals surface area contributed by atoms with Gasteiger partial charge in [-0.3, -0.25) is 5.32 Å². The summed E-state index contributed by atoms with van der Waals surface area (Å²) in [4.78, 5) is 4.27. The topological polar surface area (TPSA) is 38.1 Å². The first kappa shape index (κ1) is 15.7. The smallest absolute Gasteiger partial charge is 0.211 e. The molecule has 0 bridgehead atoms. The van der Waals surface area contributed by atoms with Crippen LogP contribution in [0.4, 0.5) is 4.39 Å². The van der Waals surface area contributed by atoms with Crippen LogP contribution < -0.4 is 5.32 Å². The van der Waals surface area contributed by atoms with Crippen LogP contribution in [0.3, 0.4) is 0 Å². The summed E-state index contributed by atoms with van der Waals surface area (Å²) in [5.74, 6) is 1.30. The minimum absolute atomic E-state index is 0.0191. The fourth-order valence-electron chi connectivity index (χ4n) is 2.39. The van der Waals surface area contributed by atoms with Crippen LogP contribution in [0.5, 0.6) is 0 Å². The molecule has 0 radical (unpaired) electrons. The molecular weight excluding hydrogens is 267 g/mol. The largest absolute Gasteiger partial charge is 0.444 e. The number of nitrogens with one attached hydrogen (secondary N) is 1. The van der Waals surface area contributed by atoms with Crippen LogP contribution in [-0.4, -0.2) is 4.98 Å². The quantitative estimate of drug-likeness (QED) is 0.803. The fourth-order valence-corrected chi connectivity index (χ4v) is 2.39. The van der Waals surface area contributed by atoms with Crippen LogP contribution in [0.25, 0.3) is 0 Å². The molecular formula is C17H23FN2O. The SMILES string of the molecule is CCCCC(NC(C)c1ncc(C)o1)c1ccc(F)cc1. The molecule has 1 aromatic heterocycles. The van der Waals surface area contributed by atoms with E-state index in [2.05, 4.69) is 17.2 Å². The van der Waals surface area contributed by atoms with Gasteiger partial charge in [0.15, 0.2) is 0 Å². The molecule has 2 unspecified atom stereocenters. The highest BCUT2D eigenvalue weighted by atomic mass is 19.1. The molecule has 3 nitrogen and oxygen atoms in total. The highest BCUT2D eigenvalue weighted by Crippen LogP contribution is 2.24. The summed E-state index contributed by atoms with van der Waals surface area (Å²) in [5.41, 5.74) is 1.10. The van der Waals surface area contributed by atoms with E-state index in [0.717, 1.165) is 30.6 Å². The predicted octanol–water partition coefficient (Wildman–Crippen LogP) is 4.70. The molecule has 0 aliphatic rings. The summed E-state index contributed by atoms with van der Waals surface area (Å²) in [6.07, 6.45) is 4.98. The molecule has 0 amide bonds. The molecule has 0 fully saturated rings. The summed E-state index contributed by atoms with van der Waals surface area (Å²) < 4.78 is 18.7. The number of benzene rings is 1. The van der Waals surface area contributed by atoms with E-state index in [0.29, 0.717) is 5.89 Å². The van der Waals surface area contributed by atoms with Gasteiger partial charge in [0, 0.05) is 6.04 Å². The van der Waals surface area contributed by atoms with Gasteiger partial charge < -0.3 is 4.42 Å². The number of halogens is 1. The Labute approximate surface area is 125 Å². The summed E-state index contributed by atoms with van der Waals surface area (Å²) in [6.45, 7) is 6.09. The average molecular weight is 290 g/mol. The van der Waals surface area contributed by atoms with Crippen LogP contribution >= 0.6 is 0 Å². The molecule has 1 N–H and O–H groups in total. The second-order valence-electron chi connectivity index (χ2n) is 5.44. The Balaban J connectivity index is 2.10. The van der Waals surface area contributed by atoms with Gasteiger partial charge in [-0.05, 0) is 38.0 Å². The van der Waals surface area contributed by atoms with Crippen molar-refractivity contribution >= 4 is 0 Å². The van der Waals surface area contributed by atoms with Crippen molar-refractivity contribution in [2.75, 3.05) is 0 Å². The summed E-state index contributed by atoms with van der Waals surface area (Å²) >= 11 is 0. The van der Waals surface area contributed by atoms with Gasteiger partial charge in [0.2, 0.25) is 5.89 Å². The summed E-state index contributed by atoms with van der Waals surface area (Å²) in [5, 5.41) is 3.54. The van der Waals surface area contributed by atoms with Crippen molar-refractivity contribution in [1.29, 1.82) is 0 Å². The van der Waals surface area contributed by atoms with Gasteiger partial charge in [-0.15, -0.1) is 0 Å². The fraction of sp³-hybridized carbons (Fsp3) is 0.471. The lowest BCUT2D eigenvalue weighted by atomic mass is 10.00. The predicted molar refractivity (Wildman–Crippen MR) is 81.5 cm³/mol. The third kappa shape index (κ3) is 4.39. The molecule has 1 aromatic carbocycles. The van der Waals surface area contributed by atoms with E-state index in [4.69, 9.17) is 4.42 Å². The van der Waals surface area contributed by atoms with E-state index in [1.165, 1.54) is 12.1 Å². The lowest BCUT2D eigenvalue weighted by Gasteiger charge is -2.22. The van der Waals surface area contributed by atoms with Crippen LogP contribution in [0.15, 0.2) is 34.9 Å². The Morgan fingerprint density at radius 1 is 1.29 bits per heavy atom. The first-order chi connectivity index (χ1) is 10.1. The van der Waals surface area contributed by atoms with Crippen LogP contribution in [0.2, 0.25) is 0 Å². The second kappa shape index (κ2) is 7.36. The van der Waals surface area contributed by atoms with Crippen molar-refractivity contribution < 1.29 is 8.81 Å². The number of aromatic nitrogens is 1. The molecule has 0 spiro atoms. The van der Waals surface area contributed by atoms with Gasteiger partial charge >= 0.3 is 0 Å². The molecule has 4 heteroatoms. The van der Waals surface area contributed by atoms with Gasteiger partial charge in [-0.2, -0.15) is 0 Å². The van der Waals surface area contributed by atoms with Gasteiger partial charge in [-0.25, -0.2) is 9.37 Å². The first-order valence-corrected chi connectivity index (χ1v) is 7.54. The monoisotopic (exact) mass is 290 g/mol. The Kier molecular flexibility index (Phi) is 5.51. The second-order valence-corrected chi connectivity index (χ2v) is 5.44. The Morgan fingerprint density at radius 3 is 2.57 bits per heavy atom. The number of nitrogens with zero attached hydrogens (tertiary/aromatic N) is 1. The van der Waals surface area contributed by atoms with Crippen LogP contribution in [-0.2, 0) is 0 Å². The number of oxazole rings is 1. The van der Waals surface area contributed by atoms with Gasteiger partial charge in [0.1, 0.15) is 11.6 Å². The van der Waals surface area contributed by atoms with E-state index in [1.54, 1.807) is 6.20 Å². The van der Waals surface area contributed by atoms with Gasteiger partial charge in [-0.1, -0.05) is 31.9 Å². The van der Waals surface area contributed by atoms with E-state index in [1.807, 2.05) is 26.0 Å².